The van der Waals surface area contributed by atoms with E-state index in [2.05, 4.69) is 31.6 Å². The van der Waals surface area contributed by atoms with Gasteiger partial charge in [0.15, 0.2) is 0 Å². The molecular formula is C23H35N9O. The van der Waals surface area contributed by atoms with Crippen molar-refractivity contribution in [3.8, 4) is 12.3 Å². The van der Waals surface area contributed by atoms with Crippen LogP contribution < -0.4 is 28.3 Å². The van der Waals surface area contributed by atoms with Gasteiger partial charge in [-0.2, -0.15) is 10.2 Å². The molecule has 0 aliphatic heterocycles. The molecular weight excluding hydrogens is 418 g/mol. The zero-order chi connectivity index (χ0) is 24.6. The van der Waals surface area contributed by atoms with Crippen molar-refractivity contribution in [3.05, 3.63) is 29.3 Å². The Morgan fingerprint density at radius 3 is 1.79 bits per heavy atom. The molecule has 0 saturated carbocycles. The summed E-state index contributed by atoms with van der Waals surface area (Å²) in [6, 6.07) is 5.42. The van der Waals surface area contributed by atoms with E-state index in [-0.39, 0.29) is 17.8 Å². The van der Waals surface area contributed by atoms with Gasteiger partial charge in [0.25, 0.3) is 0 Å². The molecule has 0 atom stereocenters. The molecule has 1 aromatic carbocycles. The number of rotatable bonds is 13. The summed E-state index contributed by atoms with van der Waals surface area (Å²) in [6.07, 6.45) is 12.8. The highest BCUT2D eigenvalue weighted by Gasteiger charge is 2.09. The van der Waals surface area contributed by atoms with Crippen molar-refractivity contribution >= 4 is 34.9 Å². The number of hydrogen-bond acceptors (Lipinski definition) is 5. The van der Waals surface area contributed by atoms with Crippen LogP contribution in [-0.2, 0) is 4.79 Å². The van der Waals surface area contributed by atoms with E-state index in [1.165, 1.54) is 0 Å². The fraction of sp³-hybridized carbons (Fsp3) is 0.435. The second-order valence-corrected chi connectivity index (χ2v) is 7.59. The fourth-order valence-electron chi connectivity index (χ4n) is 2.94. The summed E-state index contributed by atoms with van der Waals surface area (Å²) >= 11 is 0. The molecule has 1 rings (SSSR count). The Morgan fingerprint density at radius 1 is 0.818 bits per heavy atom. The molecule has 0 spiro atoms. The smallest absolute Gasteiger partial charge is 0.224 e. The summed E-state index contributed by atoms with van der Waals surface area (Å²) in [6.45, 7) is 3.51. The summed E-state index contributed by atoms with van der Waals surface area (Å²) in [7, 11) is 0. The molecule has 0 saturated heterocycles. The lowest BCUT2D eigenvalue weighted by Gasteiger charge is -2.11. The largest absolute Gasteiger partial charge is 0.369 e. The Labute approximate surface area is 195 Å². The van der Waals surface area contributed by atoms with E-state index >= 15 is 0 Å². The minimum absolute atomic E-state index is 0.0666. The van der Waals surface area contributed by atoms with Crippen LogP contribution in [0, 0.1) is 12.3 Å². The Bertz CT molecular complexity index is 895. The molecule has 0 bridgehead atoms. The molecule has 0 fully saturated rings. The highest BCUT2D eigenvalue weighted by atomic mass is 16.1. The Hall–Kier alpha value is -3.87. The highest BCUT2D eigenvalue weighted by molar-refractivity contribution is 6.06. The van der Waals surface area contributed by atoms with E-state index in [4.69, 9.17) is 29.4 Å². The van der Waals surface area contributed by atoms with Crippen LogP contribution in [0.15, 0.2) is 38.6 Å². The number of carbonyl (C=O) groups excluding carboxylic acids is 1. The molecule has 10 nitrogen and oxygen atoms in total. The number of carbonyl (C=O) groups is 1. The van der Waals surface area contributed by atoms with Crippen molar-refractivity contribution in [2.24, 2.45) is 43.3 Å². The molecule has 9 N–H and O–H groups in total. The normalized spacial score (nSPS) is 11.4. The monoisotopic (exact) mass is 453 g/mol. The number of amides is 1. The standard InChI is InChI=1S/C23H35N9O/c1-4-5-6-7-8-9-10-11-12-21(33)28-20-14-18(16(2)29-31-22(24)25)13-19(15-20)17(3)30-32-23(26)27/h1,13-15H,5-12H2,2-3H3,(H,28,33)(H4,24,25,31)(H4,26,27,32)/b29-16-,30-17-. The second kappa shape index (κ2) is 15.0. The predicted octanol–water partition coefficient (Wildman–Crippen LogP) is 2.37. The summed E-state index contributed by atoms with van der Waals surface area (Å²) in [4.78, 5) is 12.5. The minimum Gasteiger partial charge on any atom is -0.369 e. The summed E-state index contributed by atoms with van der Waals surface area (Å²) in [5.41, 5.74) is 24.6. The lowest BCUT2D eigenvalue weighted by atomic mass is 10.0. The Morgan fingerprint density at radius 2 is 1.30 bits per heavy atom. The first-order valence-corrected chi connectivity index (χ1v) is 10.9. The first kappa shape index (κ1) is 27.2. The van der Waals surface area contributed by atoms with E-state index in [9.17, 15) is 4.79 Å². The molecule has 0 aliphatic carbocycles. The number of nitrogens with one attached hydrogen (secondary N) is 1. The van der Waals surface area contributed by atoms with Gasteiger partial charge in [-0.25, -0.2) is 0 Å². The van der Waals surface area contributed by atoms with Crippen LogP contribution in [0.1, 0.15) is 76.3 Å². The summed E-state index contributed by atoms with van der Waals surface area (Å²) in [5, 5.41) is 18.3. The topological polar surface area (TPSA) is 183 Å². The van der Waals surface area contributed by atoms with Gasteiger partial charge in [0.05, 0.1) is 11.4 Å². The number of guanidine groups is 2. The zero-order valence-corrected chi connectivity index (χ0v) is 19.5. The van der Waals surface area contributed by atoms with Gasteiger partial charge in [0.1, 0.15) is 0 Å². The van der Waals surface area contributed by atoms with E-state index in [1.807, 2.05) is 6.07 Å². The number of hydrogen-bond donors (Lipinski definition) is 5. The first-order chi connectivity index (χ1) is 15.7. The number of nitrogens with zero attached hydrogens (tertiary/aromatic N) is 4. The first-order valence-electron chi connectivity index (χ1n) is 10.9. The van der Waals surface area contributed by atoms with Crippen molar-refractivity contribution in [1.82, 2.24) is 0 Å². The van der Waals surface area contributed by atoms with Crippen molar-refractivity contribution in [2.75, 3.05) is 5.32 Å². The molecule has 0 unspecified atom stereocenters. The number of nitrogens with two attached hydrogens (primary N) is 4. The molecule has 1 amide bonds. The van der Waals surface area contributed by atoms with Crippen LogP contribution in [0.25, 0.3) is 0 Å². The molecule has 0 aromatic heterocycles. The Balaban J connectivity index is 2.89. The summed E-state index contributed by atoms with van der Waals surface area (Å²) < 4.78 is 0. The SMILES string of the molecule is C#CCCCCCCCCC(=O)Nc1cc(/C(C)=N\N=C(N)N)cc(/C(C)=N\N=C(N)N)c1. The van der Waals surface area contributed by atoms with Gasteiger partial charge < -0.3 is 28.3 Å². The lowest BCUT2D eigenvalue weighted by Crippen LogP contribution is -2.22. The van der Waals surface area contributed by atoms with E-state index in [0.29, 0.717) is 34.7 Å². The van der Waals surface area contributed by atoms with Gasteiger partial charge in [-0.05, 0) is 44.9 Å². The van der Waals surface area contributed by atoms with E-state index in [0.717, 1.165) is 44.9 Å². The second-order valence-electron chi connectivity index (χ2n) is 7.59. The minimum atomic E-state index is -0.152. The fourth-order valence-corrected chi connectivity index (χ4v) is 2.94. The third-order valence-corrected chi connectivity index (χ3v) is 4.66. The number of terminal acetylenes is 1. The maximum atomic E-state index is 12.5. The summed E-state index contributed by atoms with van der Waals surface area (Å²) in [5.74, 6) is 2.28. The van der Waals surface area contributed by atoms with Gasteiger partial charge in [-0.3, -0.25) is 4.79 Å². The maximum Gasteiger partial charge on any atom is 0.224 e. The number of benzene rings is 1. The maximum absolute atomic E-state index is 12.5. The van der Waals surface area contributed by atoms with Crippen LogP contribution in [-0.4, -0.2) is 29.2 Å². The highest BCUT2D eigenvalue weighted by Crippen LogP contribution is 2.18. The van der Waals surface area contributed by atoms with Gasteiger partial charge in [0, 0.05) is 29.7 Å². The molecule has 0 radical (unpaired) electrons. The average molecular weight is 454 g/mol. The molecule has 33 heavy (non-hydrogen) atoms. The van der Waals surface area contributed by atoms with Crippen molar-refractivity contribution in [1.29, 1.82) is 0 Å². The third kappa shape index (κ3) is 11.9. The zero-order valence-electron chi connectivity index (χ0n) is 19.5. The molecule has 0 heterocycles. The van der Waals surface area contributed by atoms with E-state index < -0.39 is 0 Å². The Kier molecular flexibility index (Phi) is 12.4. The van der Waals surface area contributed by atoms with Gasteiger partial charge in [0.2, 0.25) is 17.8 Å². The number of anilines is 1. The third-order valence-electron chi connectivity index (χ3n) is 4.66. The van der Waals surface area contributed by atoms with Gasteiger partial charge in [-0.1, -0.05) is 25.7 Å². The van der Waals surface area contributed by atoms with Gasteiger partial charge in [-0.15, -0.1) is 22.5 Å². The van der Waals surface area contributed by atoms with Crippen LogP contribution >= 0.6 is 0 Å². The van der Waals surface area contributed by atoms with Crippen molar-refractivity contribution in [3.63, 3.8) is 0 Å². The number of unbranched alkanes of at least 4 members (excludes halogenated alkanes) is 6. The molecule has 178 valence electrons. The van der Waals surface area contributed by atoms with Crippen molar-refractivity contribution < 1.29 is 4.79 Å². The van der Waals surface area contributed by atoms with Crippen LogP contribution in [0.4, 0.5) is 5.69 Å². The predicted molar refractivity (Wildman–Crippen MR) is 137 cm³/mol. The van der Waals surface area contributed by atoms with Crippen LogP contribution in [0.3, 0.4) is 0 Å². The molecule has 10 heteroatoms. The van der Waals surface area contributed by atoms with Crippen LogP contribution in [0.5, 0.6) is 0 Å². The van der Waals surface area contributed by atoms with Gasteiger partial charge >= 0.3 is 0 Å². The molecule has 1 aromatic rings. The van der Waals surface area contributed by atoms with Crippen molar-refractivity contribution in [2.45, 2.75) is 65.2 Å². The van der Waals surface area contributed by atoms with Crippen LogP contribution in [0.2, 0.25) is 0 Å². The molecule has 0 aliphatic rings. The average Bonchev–Trinajstić information content (AvgIpc) is 2.77. The van der Waals surface area contributed by atoms with E-state index in [1.54, 1.807) is 26.0 Å². The quantitative estimate of drug-likeness (QED) is 0.101. The lowest BCUT2D eigenvalue weighted by molar-refractivity contribution is -0.116.